The average molecular weight is 291 g/mol. The van der Waals surface area contributed by atoms with Crippen LogP contribution in [0.15, 0.2) is 53.1 Å². The highest BCUT2D eigenvalue weighted by atomic mass is 19.4. The Morgan fingerprint density at radius 3 is 2.19 bits per heavy atom. The van der Waals surface area contributed by atoms with Gasteiger partial charge in [-0.2, -0.15) is 13.2 Å². The zero-order valence-electron chi connectivity index (χ0n) is 10.5. The number of hydrogen-bond acceptors (Lipinski definition) is 4. The molecule has 0 bridgehead atoms. The third-order valence-electron chi connectivity index (χ3n) is 2.77. The summed E-state index contributed by atoms with van der Waals surface area (Å²) in [6.45, 7) is 0. The third-order valence-corrected chi connectivity index (χ3v) is 2.77. The van der Waals surface area contributed by atoms with Crippen molar-refractivity contribution in [1.82, 2.24) is 15.2 Å². The number of aromatic nitrogens is 3. The normalized spacial score (nSPS) is 11.6. The van der Waals surface area contributed by atoms with E-state index in [1.54, 1.807) is 24.4 Å². The second-order valence-electron chi connectivity index (χ2n) is 4.20. The monoisotopic (exact) mass is 291 g/mol. The lowest BCUT2D eigenvalue weighted by molar-refractivity contribution is -0.137. The summed E-state index contributed by atoms with van der Waals surface area (Å²) in [5, 5.41) is 7.65. The molecule has 0 aliphatic rings. The molecule has 0 unspecified atom stereocenters. The first-order valence-corrected chi connectivity index (χ1v) is 5.96. The van der Waals surface area contributed by atoms with Gasteiger partial charge in [-0.3, -0.25) is 4.98 Å². The van der Waals surface area contributed by atoms with Gasteiger partial charge < -0.3 is 4.42 Å². The Morgan fingerprint density at radius 2 is 1.57 bits per heavy atom. The Kier molecular flexibility index (Phi) is 3.17. The Balaban J connectivity index is 1.90. The quantitative estimate of drug-likeness (QED) is 0.720. The van der Waals surface area contributed by atoms with Gasteiger partial charge in [-0.05, 0) is 36.4 Å². The fourth-order valence-corrected chi connectivity index (χ4v) is 1.73. The van der Waals surface area contributed by atoms with Crippen molar-refractivity contribution in [1.29, 1.82) is 0 Å². The zero-order valence-corrected chi connectivity index (χ0v) is 10.5. The van der Waals surface area contributed by atoms with E-state index in [0.29, 0.717) is 11.3 Å². The second kappa shape index (κ2) is 5.01. The molecule has 0 amide bonds. The summed E-state index contributed by atoms with van der Waals surface area (Å²) in [5.41, 5.74) is 0.191. The van der Waals surface area contributed by atoms with Crippen LogP contribution in [0.3, 0.4) is 0 Å². The number of hydrogen-bond donors (Lipinski definition) is 0. The smallest absolute Gasteiger partial charge is 0.415 e. The van der Waals surface area contributed by atoms with Crippen LogP contribution in [0.1, 0.15) is 5.56 Å². The minimum absolute atomic E-state index is 0.143. The first kappa shape index (κ1) is 13.3. The van der Waals surface area contributed by atoms with Gasteiger partial charge in [0.1, 0.15) is 5.69 Å². The predicted molar refractivity (Wildman–Crippen MR) is 68.0 cm³/mol. The van der Waals surface area contributed by atoms with E-state index >= 15 is 0 Å². The van der Waals surface area contributed by atoms with Gasteiger partial charge in [0, 0.05) is 11.8 Å². The maximum absolute atomic E-state index is 12.5. The molecule has 3 aromatic rings. The molecule has 0 N–H and O–H groups in total. The van der Waals surface area contributed by atoms with E-state index in [9.17, 15) is 13.2 Å². The molecular weight excluding hydrogens is 283 g/mol. The molecule has 106 valence electrons. The molecular formula is C14H8F3N3O. The molecule has 4 nitrogen and oxygen atoms in total. The van der Waals surface area contributed by atoms with Crippen molar-refractivity contribution in [3.05, 3.63) is 54.2 Å². The standard InChI is InChI=1S/C14H8F3N3O/c15-14(16,17)10-6-4-9(5-7-10)12-19-20-13(21-12)11-3-1-2-8-18-11/h1-8H. The molecule has 0 aliphatic heterocycles. The van der Waals surface area contributed by atoms with Crippen LogP contribution in [0.2, 0.25) is 0 Å². The Bertz CT molecular complexity index is 736. The van der Waals surface area contributed by atoms with Gasteiger partial charge in [0.25, 0.3) is 5.89 Å². The summed E-state index contributed by atoms with van der Waals surface area (Å²) < 4.78 is 42.9. The summed E-state index contributed by atoms with van der Waals surface area (Å²) in [7, 11) is 0. The summed E-state index contributed by atoms with van der Waals surface area (Å²) in [6.07, 6.45) is -2.79. The fourth-order valence-electron chi connectivity index (χ4n) is 1.73. The van der Waals surface area contributed by atoms with Gasteiger partial charge in [-0.1, -0.05) is 6.07 Å². The lowest BCUT2D eigenvalue weighted by Gasteiger charge is -2.05. The first-order valence-electron chi connectivity index (χ1n) is 5.96. The minimum atomic E-state index is -4.37. The number of alkyl halides is 3. The SMILES string of the molecule is FC(F)(F)c1ccc(-c2nnc(-c3ccccn3)o2)cc1. The first-order chi connectivity index (χ1) is 10.0. The van der Waals surface area contributed by atoms with E-state index in [1.165, 1.54) is 12.1 Å². The number of benzene rings is 1. The average Bonchev–Trinajstić information content (AvgIpc) is 2.97. The lowest BCUT2D eigenvalue weighted by atomic mass is 10.1. The molecule has 0 atom stereocenters. The fraction of sp³-hybridized carbons (Fsp3) is 0.0714. The van der Waals surface area contributed by atoms with E-state index in [-0.39, 0.29) is 11.8 Å². The number of pyridine rings is 1. The van der Waals surface area contributed by atoms with Crippen LogP contribution in [0.4, 0.5) is 13.2 Å². The summed E-state index contributed by atoms with van der Waals surface area (Å²) in [6, 6.07) is 9.74. The van der Waals surface area contributed by atoms with E-state index in [4.69, 9.17) is 4.42 Å². The van der Waals surface area contributed by atoms with E-state index < -0.39 is 11.7 Å². The van der Waals surface area contributed by atoms with E-state index in [0.717, 1.165) is 12.1 Å². The summed E-state index contributed by atoms with van der Waals surface area (Å²) >= 11 is 0. The molecule has 2 heterocycles. The van der Waals surface area contributed by atoms with Crippen LogP contribution in [0.5, 0.6) is 0 Å². The van der Waals surface area contributed by atoms with E-state index in [2.05, 4.69) is 15.2 Å². The highest BCUT2D eigenvalue weighted by Gasteiger charge is 2.30. The topological polar surface area (TPSA) is 51.8 Å². The molecule has 7 heteroatoms. The molecule has 21 heavy (non-hydrogen) atoms. The lowest BCUT2D eigenvalue weighted by Crippen LogP contribution is -2.03. The molecule has 3 rings (SSSR count). The molecule has 0 aliphatic carbocycles. The van der Waals surface area contributed by atoms with Crippen LogP contribution in [-0.2, 0) is 6.18 Å². The largest absolute Gasteiger partial charge is 0.416 e. The number of rotatable bonds is 2. The Morgan fingerprint density at radius 1 is 0.857 bits per heavy atom. The Hall–Kier alpha value is -2.70. The van der Waals surface area contributed by atoms with Crippen LogP contribution < -0.4 is 0 Å². The van der Waals surface area contributed by atoms with Crippen molar-refractivity contribution in [2.75, 3.05) is 0 Å². The van der Waals surface area contributed by atoms with Crippen molar-refractivity contribution in [2.45, 2.75) is 6.18 Å². The summed E-state index contributed by atoms with van der Waals surface area (Å²) in [4.78, 5) is 4.06. The van der Waals surface area contributed by atoms with Crippen molar-refractivity contribution in [3.8, 4) is 23.0 Å². The highest BCUT2D eigenvalue weighted by molar-refractivity contribution is 5.56. The van der Waals surface area contributed by atoms with Crippen molar-refractivity contribution in [2.24, 2.45) is 0 Å². The number of nitrogens with zero attached hydrogens (tertiary/aromatic N) is 3. The predicted octanol–water partition coefficient (Wildman–Crippen LogP) is 3.82. The van der Waals surface area contributed by atoms with Crippen LogP contribution >= 0.6 is 0 Å². The third kappa shape index (κ3) is 2.76. The van der Waals surface area contributed by atoms with Gasteiger partial charge in [-0.15, -0.1) is 10.2 Å². The van der Waals surface area contributed by atoms with Crippen LogP contribution in [-0.4, -0.2) is 15.2 Å². The molecule has 1 aromatic carbocycles. The van der Waals surface area contributed by atoms with Crippen molar-refractivity contribution < 1.29 is 17.6 Å². The van der Waals surface area contributed by atoms with Gasteiger partial charge in [0.05, 0.1) is 5.56 Å². The van der Waals surface area contributed by atoms with E-state index in [1.807, 2.05) is 0 Å². The van der Waals surface area contributed by atoms with Gasteiger partial charge >= 0.3 is 6.18 Å². The molecule has 0 saturated carbocycles. The van der Waals surface area contributed by atoms with Gasteiger partial charge in [0.2, 0.25) is 5.89 Å². The summed E-state index contributed by atoms with van der Waals surface area (Å²) in [5.74, 6) is 0.356. The molecule has 0 fully saturated rings. The zero-order chi connectivity index (χ0) is 14.9. The van der Waals surface area contributed by atoms with Gasteiger partial charge in [0.15, 0.2) is 0 Å². The van der Waals surface area contributed by atoms with Crippen molar-refractivity contribution >= 4 is 0 Å². The second-order valence-corrected chi connectivity index (χ2v) is 4.20. The minimum Gasteiger partial charge on any atom is -0.415 e. The van der Waals surface area contributed by atoms with Crippen molar-refractivity contribution in [3.63, 3.8) is 0 Å². The van der Waals surface area contributed by atoms with Crippen LogP contribution in [0.25, 0.3) is 23.0 Å². The maximum Gasteiger partial charge on any atom is 0.416 e. The van der Waals surface area contributed by atoms with Crippen LogP contribution in [0, 0.1) is 0 Å². The molecule has 0 saturated heterocycles. The van der Waals surface area contributed by atoms with Gasteiger partial charge in [-0.25, -0.2) is 0 Å². The maximum atomic E-state index is 12.5. The molecule has 2 aromatic heterocycles. The molecule has 0 radical (unpaired) electrons. The molecule has 0 spiro atoms. The number of halogens is 3. The Labute approximate surface area is 117 Å². The highest BCUT2D eigenvalue weighted by Crippen LogP contribution is 2.31.